The summed E-state index contributed by atoms with van der Waals surface area (Å²) in [7, 11) is 0. The second kappa shape index (κ2) is 7.98. The van der Waals surface area contributed by atoms with Crippen LogP contribution >= 0.6 is 11.8 Å². The molecule has 0 unspecified atom stereocenters. The van der Waals surface area contributed by atoms with Crippen LogP contribution in [0.4, 0.5) is 17.6 Å². The Balaban J connectivity index is 1.68. The first-order chi connectivity index (χ1) is 13.2. The lowest BCUT2D eigenvalue weighted by atomic mass is 10.2. The summed E-state index contributed by atoms with van der Waals surface area (Å²) in [4.78, 5) is 13.3. The molecule has 0 bridgehead atoms. The van der Waals surface area contributed by atoms with Crippen LogP contribution in [0.5, 0.6) is 0 Å². The topological polar surface area (TPSA) is 77.0 Å². The highest BCUT2D eigenvalue weighted by Gasteiger charge is 2.40. The minimum Gasteiger partial charge on any atom is -0.335 e. The smallest absolute Gasteiger partial charge is 0.335 e. The molecule has 11 heteroatoms. The van der Waals surface area contributed by atoms with Gasteiger partial charge in [-0.2, -0.15) is 13.2 Å². The van der Waals surface area contributed by atoms with Crippen molar-refractivity contribution in [2.75, 3.05) is 18.1 Å². The predicted molar refractivity (Wildman–Crippen MR) is 96.2 cm³/mol. The van der Waals surface area contributed by atoms with Gasteiger partial charge in [0.25, 0.3) is 0 Å². The fraction of sp³-hybridized carbons (Fsp3) is 0.471. The van der Waals surface area contributed by atoms with E-state index in [2.05, 4.69) is 10.2 Å². The maximum absolute atomic E-state index is 13.0. The van der Waals surface area contributed by atoms with Crippen LogP contribution in [0.15, 0.2) is 29.4 Å². The lowest BCUT2D eigenvalue weighted by Crippen LogP contribution is -2.46. The normalized spacial score (nSPS) is 15.5. The minimum atomic E-state index is -4.47. The van der Waals surface area contributed by atoms with Crippen molar-refractivity contribution in [2.24, 2.45) is 5.92 Å². The Labute approximate surface area is 163 Å². The number of nitrogens with zero attached hydrogens (tertiary/aromatic N) is 4. The van der Waals surface area contributed by atoms with Crippen molar-refractivity contribution >= 4 is 17.7 Å². The molecular weight excluding hydrogens is 398 g/mol. The highest BCUT2D eigenvalue weighted by molar-refractivity contribution is 7.99. The zero-order chi connectivity index (χ0) is 20.5. The highest BCUT2D eigenvalue weighted by atomic mass is 32.2. The largest absolute Gasteiger partial charge is 0.406 e. The van der Waals surface area contributed by atoms with Gasteiger partial charge in [-0.3, -0.25) is 4.79 Å². The van der Waals surface area contributed by atoms with Crippen LogP contribution in [-0.4, -0.2) is 50.2 Å². The summed E-state index contributed by atoms with van der Waals surface area (Å²) in [6, 6.07) is 4.97. The van der Waals surface area contributed by atoms with Gasteiger partial charge in [-0.1, -0.05) is 11.8 Å². The van der Waals surface area contributed by atoms with Gasteiger partial charge in [0.05, 0.1) is 5.75 Å². The third kappa shape index (κ3) is 4.94. The maximum atomic E-state index is 13.0. The Hall–Kier alpha value is -2.30. The van der Waals surface area contributed by atoms with E-state index in [1.807, 2.05) is 0 Å². The zero-order valence-corrected chi connectivity index (χ0v) is 15.8. The summed E-state index contributed by atoms with van der Waals surface area (Å²) >= 11 is 0.909. The number of nitrogens with two attached hydrogens (primary N) is 1. The first-order valence-electron chi connectivity index (χ1n) is 8.61. The van der Waals surface area contributed by atoms with Gasteiger partial charge in [-0.15, -0.1) is 10.2 Å². The Morgan fingerprint density at radius 3 is 2.54 bits per heavy atom. The van der Waals surface area contributed by atoms with E-state index < -0.39 is 30.5 Å². The fourth-order valence-electron chi connectivity index (χ4n) is 2.87. The molecule has 1 aromatic carbocycles. The van der Waals surface area contributed by atoms with E-state index in [0.717, 1.165) is 34.2 Å². The van der Waals surface area contributed by atoms with Crippen molar-refractivity contribution in [2.45, 2.75) is 37.1 Å². The summed E-state index contributed by atoms with van der Waals surface area (Å²) in [5.41, 5.74) is 0.524. The van der Waals surface area contributed by atoms with Gasteiger partial charge in [0.2, 0.25) is 11.1 Å². The number of amides is 1. The molecule has 1 saturated carbocycles. The van der Waals surface area contributed by atoms with Crippen molar-refractivity contribution in [1.82, 2.24) is 19.8 Å². The van der Waals surface area contributed by atoms with E-state index in [0.29, 0.717) is 5.56 Å². The van der Waals surface area contributed by atoms with Crippen molar-refractivity contribution in [3.63, 3.8) is 0 Å². The Morgan fingerprint density at radius 1 is 1.32 bits per heavy atom. The number of carbonyl (C=O) groups excluding carboxylic acids is 1. The zero-order valence-electron chi connectivity index (χ0n) is 15.0. The average Bonchev–Trinajstić information content (AvgIpc) is 3.41. The van der Waals surface area contributed by atoms with Crippen LogP contribution in [0.2, 0.25) is 0 Å². The first kappa shape index (κ1) is 20.4. The molecule has 0 aliphatic heterocycles. The number of carbonyl (C=O) groups is 1. The molecule has 1 aliphatic rings. The summed E-state index contributed by atoms with van der Waals surface area (Å²) in [6.45, 7) is 0.365. The average molecular weight is 417 g/mol. The molecule has 0 saturated heterocycles. The van der Waals surface area contributed by atoms with Crippen LogP contribution < -0.4 is 5.84 Å². The highest BCUT2D eigenvalue weighted by Crippen LogP contribution is 2.36. The van der Waals surface area contributed by atoms with Gasteiger partial charge >= 0.3 is 6.18 Å². The number of nitrogen functional groups attached to an aromatic ring is 1. The van der Waals surface area contributed by atoms with Crippen molar-refractivity contribution in [3.05, 3.63) is 30.1 Å². The molecule has 3 rings (SSSR count). The van der Waals surface area contributed by atoms with Gasteiger partial charge in [0.15, 0.2) is 5.82 Å². The molecule has 1 aliphatic carbocycles. The minimum absolute atomic E-state index is 0.111. The number of halogens is 4. The lowest BCUT2D eigenvalue weighted by Gasteiger charge is -2.30. The number of benzene rings is 1. The predicted octanol–water partition coefficient (Wildman–Crippen LogP) is 3.08. The Kier molecular flexibility index (Phi) is 5.82. The first-order valence-corrected chi connectivity index (χ1v) is 9.59. The molecule has 1 atom stereocenters. The molecule has 1 amide bonds. The number of alkyl halides is 3. The van der Waals surface area contributed by atoms with Gasteiger partial charge in [-0.05, 0) is 49.9 Å². The quantitative estimate of drug-likeness (QED) is 0.426. The van der Waals surface area contributed by atoms with Crippen LogP contribution in [0.25, 0.3) is 11.4 Å². The second-order valence-electron chi connectivity index (χ2n) is 6.69. The molecule has 28 heavy (non-hydrogen) atoms. The van der Waals surface area contributed by atoms with Crippen LogP contribution in [0, 0.1) is 11.7 Å². The number of thioether (sulfide) groups is 1. The van der Waals surface area contributed by atoms with E-state index in [4.69, 9.17) is 5.84 Å². The molecule has 2 N–H and O–H groups in total. The summed E-state index contributed by atoms with van der Waals surface area (Å²) in [5, 5.41) is 7.97. The SMILES string of the molecule is C[C@@H](C1CC1)N(CC(F)(F)F)C(=O)CSc1nnc(-c2ccc(F)cc2)n1N. The van der Waals surface area contributed by atoms with Gasteiger partial charge in [-0.25, -0.2) is 9.07 Å². The number of hydrogen-bond acceptors (Lipinski definition) is 5. The van der Waals surface area contributed by atoms with E-state index in [1.54, 1.807) is 6.92 Å². The maximum Gasteiger partial charge on any atom is 0.406 e. The standard InChI is InChI=1S/C17H19F4N5OS/c1-10(11-2-3-11)25(9-17(19,20)21)14(27)8-28-16-24-23-15(26(16)22)12-4-6-13(18)7-5-12/h4-7,10-11H,2-3,8-9,22H2,1H3/t10-/m0/s1. The fourth-order valence-corrected chi connectivity index (χ4v) is 3.61. The second-order valence-corrected chi connectivity index (χ2v) is 7.63. The van der Waals surface area contributed by atoms with Crippen LogP contribution in [-0.2, 0) is 4.79 Å². The molecule has 0 spiro atoms. The number of hydrogen-bond donors (Lipinski definition) is 1. The molecule has 152 valence electrons. The van der Waals surface area contributed by atoms with Crippen LogP contribution in [0.1, 0.15) is 19.8 Å². The van der Waals surface area contributed by atoms with Gasteiger partial charge < -0.3 is 10.7 Å². The Morgan fingerprint density at radius 2 is 1.96 bits per heavy atom. The van der Waals surface area contributed by atoms with Crippen LogP contribution in [0.3, 0.4) is 0 Å². The van der Waals surface area contributed by atoms with E-state index in [1.165, 1.54) is 24.3 Å². The van der Waals surface area contributed by atoms with Crippen molar-refractivity contribution in [1.29, 1.82) is 0 Å². The number of aromatic nitrogens is 3. The summed E-state index contributed by atoms with van der Waals surface area (Å²) < 4.78 is 52.8. The van der Waals surface area contributed by atoms with Gasteiger partial charge in [0, 0.05) is 11.6 Å². The lowest BCUT2D eigenvalue weighted by molar-refractivity contribution is -0.164. The summed E-state index contributed by atoms with van der Waals surface area (Å²) in [6.07, 6.45) is -2.81. The van der Waals surface area contributed by atoms with E-state index >= 15 is 0 Å². The molecule has 1 aromatic heterocycles. The molecule has 1 fully saturated rings. The molecule has 1 heterocycles. The third-order valence-electron chi connectivity index (χ3n) is 4.56. The molecule has 6 nitrogen and oxygen atoms in total. The molecule has 2 aromatic rings. The Bertz CT molecular complexity index is 835. The van der Waals surface area contributed by atoms with Crippen molar-refractivity contribution < 1.29 is 22.4 Å². The number of rotatable bonds is 7. The van der Waals surface area contributed by atoms with E-state index in [9.17, 15) is 22.4 Å². The van der Waals surface area contributed by atoms with E-state index in [-0.39, 0.29) is 22.7 Å². The molecular formula is C17H19F4N5OS. The van der Waals surface area contributed by atoms with Gasteiger partial charge in [0.1, 0.15) is 12.4 Å². The van der Waals surface area contributed by atoms with Crippen molar-refractivity contribution in [3.8, 4) is 11.4 Å². The third-order valence-corrected chi connectivity index (χ3v) is 5.49. The monoisotopic (exact) mass is 417 g/mol. The molecule has 0 radical (unpaired) electrons. The summed E-state index contributed by atoms with van der Waals surface area (Å²) in [5.74, 6) is 5.01.